The van der Waals surface area contributed by atoms with Crippen LogP contribution in [0.4, 0.5) is 16.6 Å². The third-order valence-corrected chi connectivity index (χ3v) is 5.12. The highest BCUT2D eigenvalue weighted by molar-refractivity contribution is 9.10. The molecule has 0 aliphatic carbocycles. The van der Waals surface area contributed by atoms with Gasteiger partial charge < -0.3 is 20.5 Å². The Bertz CT molecular complexity index is 1030. The first-order valence-corrected chi connectivity index (χ1v) is 10.7. The monoisotopic (exact) mass is 489 g/mol. The SMILES string of the molecule is CCOc1cc(C=NNc2nc(N)cs2)c(Br)cc1OCC(=O)Nc1ccccc1. The predicted octanol–water partition coefficient (Wildman–Crippen LogP) is 4.35. The van der Waals surface area contributed by atoms with Crippen molar-refractivity contribution in [2.75, 3.05) is 29.7 Å². The number of nitrogens with zero attached hydrogens (tertiary/aromatic N) is 2. The van der Waals surface area contributed by atoms with Crippen molar-refractivity contribution >= 4 is 56.0 Å². The van der Waals surface area contributed by atoms with Gasteiger partial charge in [-0.15, -0.1) is 11.3 Å². The third-order valence-electron chi connectivity index (χ3n) is 3.66. The van der Waals surface area contributed by atoms with Gasteiger partial charge in [0.25, 0.3) is 5.91 Å². The molecule has 156 valence electrons. The number of halogens is 1. The molecule has 1 heterocycles. The number of nitrogens with one attached hydrogen (secondary N) is 2. The number of para-hydroxylation sites is 1. The Balaban J connectivity index is 1.66. The molecular formula is C20H20BrN5O3S. The Kier molecular flexibility index (Phi) is 7.63. The van der Waals surface area contributed by atoms with Crippen molar-refractivity contribution in [2.45, 2.75) is 6.92 Å². The summed E-state index contributed by atoms with van der Waals surface area (Å²) in [6.45, 7) is 2.17. The number of anilines is 3. The lowest BCUT2D eigenvalue weighted by molar-refractivity contribution is -0.118. The number of hydrogen-bond donors (Lipinski definition) is 3. The van der Waals surface area contributed by atoms with E-state index in [-0.39, 0.29) is 12.5 Å². The molecule has 30 heavy (non-hydrogen) atoms. The van der Waals surface area contributed by atoms with Crippen molar-refractivity contribution in [1.29, 1.82) is 0 Å². The summed E-state index contributed by atoms with van der Waals surface area (Å²) in [7, 11) is 0. The molecule has 10 heteroatoms. The fraction of sp³-hybridized carbons (Fsp3) is 0.150. The highest BCUT2D eigenvalue weighted by atomic mass is 79.9. The molecule has 1 amide bonds. The molecule has 0 aliphatic rings. The summed E-state index contributed by atoms with van der Waals surface area (Å²) in [6, 6.07) is 12.7. The number of nitrogen functional groups attached to an aromatic ring is 1. The van der Waals surface area contributed by atoms with Gasteiger partial charge in [0, 0.05) is 21.1 Å². The van der Waals surface area contributed by atoms with E-state index in [1.165, 1.54) is 11.3 Å². The first-order chi connectivity index (χ1) is 14.5. The number of ether oxygens (including phenoxy) is 2. The Morgan fingerprint density at radius 2 is 2.03 bits per heavy atom. The van der Waals surface area contributed by atoms with Crippen LogP contribution in [-0.2, 0) is 4.79 Å². The average Bonchev–Trinajstić information content (AvgIpc) is 3.15. The van der Waals surface area contributed by atoms with Crippen LogP contribution in [0.2, 0.25) is 0 Å². The Hall–Kier alpha value is -3.11. The van der Waals surface area contributed by atoms with Gasteiger partial charge in [-0.25, -0.2) is 4.98 Å². The number of hydrogen-bond acceptors (Lipinski definition) is 8. The van der Waals surface area contributed by atoms with E-state index in [9.17, 15) is 4.79 Å². The summed E-state index contributed by atoms with van der Waals surface area (Å²) in [5.74, 6) is 1.13. The van der Waals surface area contributed by atoms with E-state index in [1.54, 1.807) is 23.7 Å². The number of benzene rings is 2. The van der Waals surface area contributed by atoms with Crippen LogP contribution < -0.4 is 25.9 Å². The largest absolute Gasteiger partial charge is 0.490 e. The number of carbonyl (C=O) groups excluding carboxylic acids is 1. The van der Waals surface area contributed by atoms with Gasteiger partial charge in [0.1, 0.15) is 5.82 Å². The van der Waals surface area contributed by atoms with Crippen LogP contribution in [0.1, 0.15) is 12.5 Å². The van der Waals surface area contributed by atoms with E-state index in [0.29, 0.717) is 34.7 Å². The van der Waals surface area contributed by atoms with Gasteiger partial charge in [-0.1, -0.05) is 18.2 Å². The van der Waals surface area contributed by atoms with Crippen molar-refractivity contribution in [2.24, 2.45) is 5.10 Å². The van der Waals surface area contributed by atoms with Crippen LogP contribution in [0.25, 0.3) is 0 Å². The van der Waals surface area contributed by atoms with Crippen molar-refractivity contribution in [3.05, 3.63) is 57.9 Å². The van der Waals surface area contributed by atoms with Gasteiger partial charge in [0.05, 0.1) is 12.8 Å². The molecule has 0 bridgehead atoms. The molecular weight excluding hydrogens is 470 g/mol. The van der Waals surface area contributed by atoms with Gasteiger partial charge in [-0.3, -0.25) is 10.2 Å². The summed E-state index contributed by atoms with van der Waals surface area (Å²) in [4.78, 5) is 16.2. The van der Waals surface area contributed by atoms with Gasteiger partial charge in [0.2, 0.25) is 5.13 Å². The number of thiazole rings is 1. The molecule has 0 aliphatic heterocycles. The van der Waals surface area contributed by atoms with Crippen molar-refractivity contribution < 1.29 is 14.3 Å². The summed E-state index contributed by atoms with van der Waals surface area (Å²) in [5, 5.41) is 9.26. The maximum absolute atomic E-state index is 12.2. The molecule has 1 aromatic heterocycles. The first-order valence-electron chi connectivity index (χ1n) is 8.99. The molecule has 3 aromatic rings. The maximum Gasteiger partial charge on any atom is 0.262 e. The normalized spacial score (nSPS) is 10.7. The van der Waals surface area contributed by atoms with Crippen LogP contribution in [-0.4, -0.2) is 30.3 Å². The number of aromatic nitrogens is 1. The maximum atomic E-state index is 12.2. The minimum atomic E-state index is -0.266. The second-order valence-electron chi connectivity index (χ2n) is 5.90. The molecule has 0 atom stereocenters. The zero-order valence-corrected chi connectivity index (χ0v) is 18.5. The minimum absolute atomic E-state index is 0.151. The zero-order chi connectivity index (χ0) is 21.3. The van der Waals surface area contributed by atoms with Gasteiger partial charge >= 0.3 is 0 Å². The van der Waals surface area contributed by atoms with Crippen LogP contribution in [0.15, 0.2) is 57.4 Å². The number of amides is 1. The Labute approximate surface area is 186 Å². The summed E-state index contributed by atoms with van der Waals surface area (Å²) < 4.78 is 12.1. The van der Waals surface area contributed by atoms with E-state index in [1.807, 2.05) is 37.3 Å². The van der Waals surface area contributed by atoms with Crippen molar-refractivity contribution in [3.63, 3.8) is 0 Å². The van der Waals surface area contributed by atoms with Crippen LogP contribution in [0.5, 0.6) is 11.5 Å². The quantitative estimate of drug-likeness (QED) is 0.304. The summed E-state index contributed by atoms with van der Waals surface area (Å²) >= 11 is 4.85. The summed E-state index contributed by atoms with van der Waals surface area (Å²) in [5.41, 5.74) is 9.88. The highest BCUT2D eigenvalue weighted by Crippen LogP contribution is 2.33. The van der Waals surface area contributed by atoms with E-state index in [4.69, 9.17) is 15.2 Å². The van der Waals surface area contributed by atoms with Crippen LogP contribution in [0, 0.1) is 0 Å². The molecule has 0 saturated carbocycles. The van der Waals surface area contributed by atoms with E-state index >= 15 is 0 Å². The second kappa shape index (κ2) is 10.6. The minimum Gasteiger partial charge on any atom is -0.490 e. The molecule has 0 fully saturated rings. The van der Waals surface area contributed by atoms with Gasteiger partial charge in [-0.05, 0) is 47.1 Å². The van der Waals surface area contributed by atoms with E-state index in [0.717, 1.165) is 10.0 Å². The smallest absolute Gasteiger partial charge is 0.262 e. The molecule has 3 rings (SSSR count). The van der Waals surface area contributed by atoms with E-state index in [2.05, 4.69) is 36.8 Å². The average molecular weight is 490 g/mol. The molecule has 8 nitrogen and oxygen atoms in total. The Morgan fingerprint density at radius 1 is 1.27 bits per heavy atom. The summed E-state index contributed by atoms with van der Waals surface area (Å²) in [6.07, 6.45) is 1.62. The highest BCUT2D eigenvalue weighted by Gasteiger charge is 2.12. The Morgan fingerprint density at radius 3 is 2.73 bits per heavy atom. The number of hydrazone groups is 1. The second-order valence-corrected chi connectivity index (χ2v) is 7.62. The third kappa shape index (κ3) is 6.19. The van der Waals surface area contributed by atoms with Crippen molar-refractivity contribution in [3.8, 4) is 11.5 Å². The molecule has 2 aromatic carbocycles. The first kappa shape index (κ1) is 21.6. The molecule has 0 spiro atoms. The van der Waals surface area contributed by atoms with Gasteiger partial charge in [0.15, 0.2) is 18.1 Å². The fourth-order valence-electron chi connectivity index (χ4n) is 2.39. The fourth-order valence-corrected chi connectivity index (χ4v) is 3.36. The number of rotatable bonds is 9. The van der Waals surface area contributed by atoms with E-state index < -0.39 is 0 Å². The molecule has 0 radical (unpaired) electrons. The lowest BCUT2D eigenvalue weighted by atomic mass is 10.2. The molecule has 4 N–H and O–H groups in total. The zero-order valence-electron chi connectivity index (χ0n) is 16.1. The van der Waals surface area contributed by atoms with Gasteiger partial charge in [-0.2, -0.15) is 5.10 Å². The van der Waals surface area contributed by atoms with Crippen LogP contribution in [0.3, 0.4) is 0 Å². The molecule has 0 saturated heterocycles. The lowest BCUT2D eigenvalue weighted by Crippen LogP contribution is -2.20. The number of carbonyl (C=O) groups is 1. The predicted molar refractivity (Wildman–Crippen MR) is 124 cm³/mol. The standard InChI is InChI=1S/C20H20BrN5O3S/c1-2-28-16-8-13(10-23-26-20-25-18(22)12-30-20)15(21)9-17(16)29-11-19(27)24-14-6-4-3-5-7-14/h3-10,12H,2,11,22H2,1H3,(H,24,27)(H,25,26). The van der Waals surface area contributed by atoms with Crippen molar-refractivity contribution in [1.82, 2.24) is 4.98 Å². The number of nitrogens with two attached hydrogens (primary N) is 1. The molecule has 0 unspecified atom stereocenters. The topological polar surface area (TPSA) is 111 Å². The lowest BCUT2D eigenvalue weighted by Gasteiger charge is -2.14. The van der Waals surface area contributed by atoms with Crippen LogP contribution >= 0.6 is 27.3 Å².